The van der Waals surface area contributed by atoms with Gasteiger partial charge in [-0.1, -0.05) is 18.5 Å². The molecule has 1 unspecified atom stereocenters. The Bertz CT molecular complexity index is 490. The maximum atomic E-state index is 5.67. The highest BCUT2D eigenvalue weighted by Crippen LogP contribution is 2.13. The molecule has 5 nitrogen and oxygen atoms in total. The first kappa shape index (κ1) is 13.2. The summed E-state index contributed by atoms with van der Waals surface area (Å²) in [4.78, 5) is 8.77. The van der Waals surface area contributed by atoms with Gasteiger partial charge in [-0.25, -0.2) is 4.98 Å². The zero-order valence-electron chi connectivity index (χ0n) is 10.7. The third-order valence-corrected chi connectivity index (χ3v) is 3.71. The average Bonchev–Trinajstić information content (AvgIpc) is 2.96. The lowest BCUT2D eigenvalue weighted by atomic mass is 10.0. The van der Waals surface area contributed by atoms with Crippen LogP contribution in [-0.4, -0.2) is 21.7 Å². The third-order valence-electron chi connectivity index (χ3n) is 2.89. The Balaban J connectivity index is 1.97. The Morgan fingerprint density at radius 1 is 1.44 bits per heavy atom. The molecule has 2 heterocycles. The molecule has 2 aromatic heterocycles. The number of hydrogen-bond acceptors (Lipinski definition) is 6. The maximum absolute atomic E-state index is 5.67. The van der Waals surface area contributed by atoms with Crippen molar-refractivity contribution < 1.29 is 4.52 Å². The molecule has 0 aliphatic heterocycles. The number of hydrogen-bond donors (Lipinski definition) is 1. The van der Waals surface area contributed by atoms with Crippen molar-refractivity contribution in [3.8, 4) is 0 Å². The number of nitrogens with two attached hydrogens (primary N) is 1. The second-order valence-electron chi connectivity index (χ2n) is 4.35. The number of nitrogens with zero attached hydrogens (tertiary/aromatic N) is 3. The highest BCUT2D eigenvalue weighted by molar-refractivity contribution is 7.09. The standard InChI is InChI=1S/C12H18N4OS/c1-3-9(6-13)4-12-15-11(16-17-12)5-10-7-18-8(2)14-10/h7,9H,3-6,13H2,1-2H3. The second kappa shape index (κ2) is 6.06. The van der Waals surface area contributed by atoms with Gasteiger partial charge in [-0.05, 0) is 19.4 Å². The maximum Gasteiger partial charge on any atom is 0.226 e. The first-order valence-electron chi connectivity index (χ1n) is 6.13. The molecule has 0 saturated carbocycles. The van der Waals surface area contributed by atoms with Crippen LogP contribution in [-0.2, 0) is 12.8 Å². The minimum Gasteiger partial charge on any atom is -0.339 e. The van der Waals surface area contributed by atoms with Crippen molar-refractivity contribution in [1.82, 2.24) is 15.1 Å². The number of rotatable bonds is 6. The minimum absolute atomic E-state index is 0.416. The van der Waals surface area contributed by atoms with Gasteiger partial charge in [-0.15, -0.1) is 11.3 Å². The van der Waals surface area contributed by atoms with E-state index in [0.717, 1.165) is 23.5 Å². The summed E-state index contributed by atoms with van der Waals surface area (Å²) in [6.07, 6.45) is 2.42. The monoisotopic (exact) mass is 266 g/mol. The first-order chi connectivity index (χ1) is 8.71. The van der Waals surface area contributed by atoms with Crippen LogP contribution < -0.4 is 5.73 Å². The van der Waals surface area contributed by atoms with Gasteiger partial charge in [0.25, 0.3) is 0 Å². The van der Waals surface area contributed by atoms with Crippen LogP contribution in [0, 0.1) is 12.8 Å². The van der Waals surface area contributed by atoms with Crippen LogP contribution in [0.25, 0.3) is 0 Å². The lowest BCUT2D eigenvalue weighted by Crippen LogP contribution is -2.16. The van der Waals surface area contributed by atoms with E-state index in [2.05, 4.69) is 22.0 Å². The summed E-state index contributed by atoms with van der Waals surface area (Å²) in [7, 11) is 0. The lowest BCUT2D eigenvalue weighted by molar-refractivity contribution is 0.347. The predicted octanol–water partition coefficient (Wildman–Crippen LogP) is 1.95. The molecule has 0 aromatic carbocycles. The molecule has 18 heavy (non-hydrogen) atoms. The van der Waals surface area contributed by atoms with Gasteiger partial charge in [0.2, 0.25) is 5.89 Å². The summed E-state index contributed by atoms with van der Waals surface area (Å²) in [5.41, 5.74) is 6.66. The van der Waals surface area contributed by atoms with Gasteiger partial charge in [-0.3, -0.25) is 0 Å². The minimum atomic E-state index is 0.416. The molecule has 2 aromatic rings. The molecule has 0 aliphatic rings. The van der Waals surface area contributed by atoms with Crippen molar-refractivity contribution in [2.24, 2.45) is 11.7 Å². The third kappa shape index (κ3) is 3.36. The molecular formula is C12H18N4OS. The zero-order chi connectivity index (χ0) is 13.0. The van der Waals surface area contributed by atoms with Gasteiger partial charge in [0.15, 0.2) is 5.82 Å². The molecule has 0 bridgehead atoms. The molecule has 2 N–H and O–H groups in total. The smallest absolute Gasteiger partial charge is 0.226 e. The van der Waals surface area contributed by atoms with Crippen LogP contribution in [0.5, 0.6) is 0 Å². The summed E-state index contributed by atoms with van der Waals surface area (Å²) in [5, 5.41) is 7.07. The summed E-state index contributed by atoms with van der Waals surface area (Å²) in [5.74, 6) is 1.79. The highest BCUT2D eigenvalue weighted by Gasteiger charge is 2.13. The molecule has 0 saturated heterocycles. The van der Waals surface area contributed by atoms with E-state index in [1.807, 2.05) is 12.3 Å². The molecular weight excluding hydrogens is 248 g/mol. The molecule has 2 rings (SSSR count). The molecule has 0 amide bonds. The SMILES string of the molecule is CCC(CN)Cc1nc(Cc2csc(C)n2)no1. The van der Waals surface area contributed by atoms with E-state index >= 15 is 0 Å². The summed E-state index contributed by atoms with van der Waals surface area (Å²) < 4.78 is 5.24. The van der Waals surface area contributed by atoms with Gasteiger partial charge >= 0.3 is 0 Å². The highest BCUT2D eigenvalue weighted by atomic mass is 32.1. The van der Waals surface area contributed by atoms with Crippen molar-refractivity contribution >= 4 is 11.3 Å². The van der Waals surface area contributed by atoms with Crippen LogP contribution >= 0.6 is 11.3 Å². The Hall–Kier alpha value is -1.27. The van der Waals surface area contributed by atoms with Gasteiger partial charge < -0.3 is 10.3 Å². The number of aryl methyl sites for hydroxylation is 1. The Labute approximate surface area is 110 Å². The van der Waals surface area contributed by atoms with Crippen molar-refractivity contribution in [2.45, 2.75) is 33.1 Å². The van der Waals surface area contributed by atoms with E-state index in [4.69, 9.17) is 10.3 Å². The fourth-order valence-electron chi connectivity index (χ4n) is 1.74. The van der Waals surface area contributed by atoms with Crippen LogP contribution in [0.15, 0.2) is 9.90 Å². The molecule has 0 fully saturated rings. The number of thiazole rings is 1. The van der Waals surface area contributed by atoms with E-state index in [1.165, 1.54) is 0 Å². The lowest BCUT2D eigenvalue weighted by Gasteiger charge is -2.07. The summed E-state index contributed by atoms with van der Waals surface area (Å²) in [6, 6.07) is 0. The quantitative estimate of drug-likeness (QED) is 0.864. The van der Waals surface area contributed by atoms with Crippen molar-refractivity contribution in [3.05, 3.63) is 27.8 Å². The molecule has 98 valence electrons. The number of aromatic nitrogens is 3. The largest absolute Gasteiger partial charge is 0.339 e. The molecule has 0 aliphatic carbocycles. The summed E-state index contributed by atoms with van der Waals surface area (Å²) >= 11 is 1.63. The fraction of sp³-hybridized carbons (Fsp3) is 0.583. The fourth-order valence-corrected chi connectivity index (χ4v) is 2.35. The van der Waals surface area contributed by atoms with Crippen LogP contribution in [0.3, 0.4) is 0 Å². The van der Waals surface area contributed by atoms with Crippen molar-refractivity contribution in [1.29, 1.82) is 0 Å². The Morgan fingerprint density at radius 2 is 2.28 bits per heavy atom. The molecule has 6 heteroatoms. The van der Waals surface area contributed by atoms with E-state index < -0.39 is 0 Å². The van der Waals surface area contributed by atoms with E-state index in [9.17, 15) is 0 Å². The zero-order valence-corrected chi connectivity index (χ0v) is 11.5. The average molecular weight is 266 g/mol. The van der Waals surface area contributed by atoms with Gasteiger partial charge in [-0.2, -0.15) is 4.98 Å². The van der Waals surface area contributed by atoms with E-state index in [-0.39, 0.29) is 0 Å². The molecule has 0 spiro atoms. The van der Waals surface area contributed by atoms with Gasteiger partial charge in [0.1, 0.15) is 0 Å². The first-order valence-corrected chi connectivity index (χ1v) is 7.01. The van der Waals surface area contributed by atoms with E-state index in [1.54, 1.807) is 11.3 Å². The predicted molar refractivity (Wildman–Crippen MR) is 70.5 cm³/mol. The van der Waals surface area contributed by atoms with Gasteiger partial charge in [0, 0.05) is 11.8 Å². The van der Waals surface area contributed by atoms with E-state index in [0.29, 0.717) is 30.6 Å². The molecule has 0 radical (unpaired) electrons. The second-order valence-corrected chi connectivity index (χ2v) is 5.42. The van der Waals surface area contributed by atoms with Crippen LogP contribution in [0.2, 0.25) is 0 Å². The van der Waals surface area contributed by atoms with Crippen molar-refractivity contribution in [3.63, 3.8) is 0 Å². The Morgan fingerprint density at radius 3 is 2.89 bits per heavy atom. The molecule has 1 atom stereocenters. The van der Waals surface area contributed by atoms with Gasteiger partial charge in [0.05, 0.1) is 17.1 Å². The Kier molecular flexibility index (Phi) is 4.43. The topological polar surface area (TPSA) is 77.8 Å². The van der Waals surface area contributed by atoms with Crippen LogP contribution in [0.4, 0.5) is 0 Å². The van der Waals surface area contributed by atoms with Crippen LogP contribution in [0.1, 0.15) is 35.8 Å². The van der Waals surface area contributed by atoms with Crippen molar-refractivity contribution in [2.75, 3.05) is 6.54 Å². The summed E-state index contributed by atoms with van der Waals surface area (Å²) in [6.45, 7) is 4.76. The normalized spacial score (nSPS) is 12.8.